The fourth-order valence-electron chi connectivity index (χ4n) is 10.0. The average molecular weight is 1050 g/mol. The van der Waals surface area contributed by atoms with E-state index in [1.807, 2.05) is 6.08 Å². The maximum Gasteiger partial charge on any atom is 0.305 e. The summed E-state index contributed by atoms with van der Waals surface area (Å²) in [6, 6.07) is -0.815. The molecule has 6 N–H and O–H groups in total. The first-order chi connectivity index (χ1) is 36.2. The summed E-state index contributed by atoms with van der Waals surface area (Å²) in [6.45, 7) is 4.35. The molecule has 11 nitrogen and oxygen atoms in total. The number of amides is 1. The lowest BCUT2D eigenvalue weighted by Crippen LogP contribution is -2.60. The van der Waals surface area contributed by atoms with Crippen LogP contribution in [0.4, 0.5) is 0 Å². The number of esters is 1. The SMILES string of the molecule is CCCCCCCCCCCCCC/C=C/C(O)C(COC1OC(CO)C(O)C(O)C1O)NC(=O)CCCCCCCCC/C=C\CCCCCCCCCCCCOC(=O)CCCCCCCCCCCCC. The molecular weight excluding hydrogens is 931 g/mol. The van der Waals surface area contributed by atoms with Crippen molar-refractivity contribution in [2.75, 3.05) is 19.8 Å². The molecule has 1 aliphatic rings. The summed E-state index contributed by atoms with van der Waals surface area (Å²) in [4.78, 5) is 25.1. The molecule has 1 saturated heterocycles. The molecule has 74 heavy (non-hydrogen) atoms. The highest BCUT2D eigenvalue weighted by atomic mass is 16.7. The van der Waals surface area contributed by atoms with Gasteiger partial charge in [0.1, 0.15) is 24.4 Å². The van der Waals surface area contributed by atoms with Gasteiger partial charge in [-0.15, -0.1) is 0 Å². The first-order valence-corrected chi connectivity index (χ1v) is 31.6. The lowest BCUT2D eigenvalue weighted by Gasteiger charge is -2.40. The Morgan fingerprint density at radius 2 is 0.865 bits per heavy atom. The van der Waals surface area contributed by atoms with Crippen molar-refractivity contribution in [2.24, 2.45) is 0 Å². The highest BCUT2D eigenvalue weighted by Crippen LogP contribution is 2.23. The third-order valence-electron chi connectivity index (χ3n) is 15.1. The predicted molar refractivity (Wildman–Crippen MR) is 306 cm³/mol. The van der Waals surface area contributed by atoms with Crippen LogP contribution >= 0.6 is 0 Å². The summed E-state index contributed by atoms with van der Waals surface area (Å²) in [6.07, 6.45) is 54.1. The second-order valence-corrected chi connectivity index (χ2v) is 22.1. The molecule has 0 aromatic carbocycles. The number of allylic oxidation sites excluding steroid dienone is 3. The third kappa shape index (κ3) is 42.2. The van der Waals surface area contributed by atoms with E-state index in [0.29, 0.717) is 19.4 Å². The number of carbonyl (C=O) groups excluding carboxylic acids is 2. The van der Waals surface area contributed by atoms with Gasteiger partial charge in [0.15, 0.2) is 6.29 Å². The minimum absolute atomic E-state index is 0.00494. The van der Waals surface area contributed by atoms with Crippen molar-refractivity contribution in [2.45, 2.75) is 346 Å². The molecule has 1 aliphatic heterocycles. The van der Waals surface area contributed by atoms with E-state index in [2.05, 4.69) is 31.3 Å². The number of nitrogens with one attached hydrogen (secondary N) is 1. The van der Waals surface area contributed by atoms with Gasteiger partial charge in [-0.2, -0.15) is 0 Å². The highest BCUT2D eigenvalue weighted by Gasteiger charge is 2.44. The second-order valence-electron chi connectivity index (χ2n) is 22.1. The Hall–Kier alpha value is -1.86. The van der Waals surface area contributed by atoms with Crippen LogP contribution in [0.2, 0.25) is 0 Å². The van der Waals surface area contributed by atoms with Crippen molar-refractivity contribution in [1.82, 2.24) is 5.32 Å². The third-order valence-corrected chi connectivity index (χ3v) is 15.1. The fourth-order valence-corrected chi connectivity index (χ4v) is 10.0. The van der Waals surface area contributed by atoms with Crippen LogP contribution in [-0.2, 0) is 23.8 Å². The average Bonchev–Trinajstić information content (AvgIpc) is 3.40. The summed E-state index contributed by atoms with van der Waals surface area (Å²) in [5.41, 5.74) is 0. The molecule has 7 unspecified atom stereocenters. The van der Waals surface area contributed by atoms with Crippen molar-refractivity contribution >= 4 is 11.9 Å². The zero-order valence-electron chi connectivity index (χ0n) is 48.1. The molecule has 1 amide bonds. The number of hydrogen-bond donors (Lipinski definition) is 6. The zero-order chi connectivity index (χ0) is 53.8. The quantitative estimate of drug-likeness (QED) is 0.0195. The van der Waals surface area contributed by atoms with Crippen LogP contribution in [0.25, 0.3) is 0 Å². The smallest absolute Gasteiger partial charge is 0.305 e. The number of ether oxygens (including phenoxy) is 3. The Bertz CT molecular complexity index is 1280. The molecule has 436 valence electrons. The number of rotatable bonds is 55. The van der Waals surface area contributed by atoms with Crippen LogP contribution in [0.5, 0.6) is 0 Å². The van der Waals surface area contributed by atoms with Crippen LogP contribution in [-0.4, -0.2) is 100 Å². The van der Waals surface area contributed by atoms with Crippen LogP contribution in [0.3, 0.4) is 0 Å². The number of aliphatic hydroxyl groups is 5. The topological polar surface area (TPSA) is 175 Å². The lowest BCUT2D eigenvalue weighted by molar-refractivity contribution is -0.302. The fraction of sp³-hybridized carbons (Fsp3) is 0.905. The number of hydrogen-bond acceptors (Lipinski definition) is 10. The van der Waals surface area contributed by atoms with E-state index >= 15 is 0 Å². The van der Waals surface area contributed by atoms with Gasteiger partial charge in [-0.05, 0) is 57.8 Å². The maximum atomic E-state index is 13.1. The number of aliphatic hydroxyl groups excluding tert-OH is 5. The summed E-state index contributed by atoms with van der Waals surface area (Å²) in [5, 5.41) is 54.5. The van der Waals surface area contributed by atoms with Gasteiger partial charge in [-0.3, -0.25) is 9.59 Å². The Labute approximate surface area is 454 Å². The molecule has 0 aromatic rings. The molecule has 0 aromatic heterocycles. The van der Waals surface area contributed by atoms with Gasteiger partial charge >= 0.3 is 5.97 Å². The van der Waals surface area contributed by atoms with Crippen LogP contribution in [0.1, 0.15) is 303 Å². The van der Waals surface area contributed by atoms with E-state index in [0.717, 1.165) is 77.0 Å². The Morgan fingerprint density at radius 3 is 1.30 bits per heavy atom. The van der Waals surface area contributed by atoms with E-state index in [-0.39, 0.29) is 18.5 Å². The van der Waals surface area contributed by atoms with Gasteiger partial charge in [0, 0.05) is 12.8 Å². The molecule has 0 bridgehead atoms. The second kappa shape index (κ2) is 53.2. The standard InChI is InChI=1S/C63H119NO10/c1-3-5-7-9-11-13-15-16-26-30-33-37-41-45-49-56(66)55(54-73-63-62(71)61(70)60(69)57(53-65)74-63)64-58(67)50-46-42-38-34-31-27-24-22-20-18-17-19-21-23-25-28-32-36-40-44-48-52-72-59(68)51-47-43-39-35-29-14-12-10-8-6-4-2/h18,20,45,49,55-57,60-63,65-66,69-71H,3-17,19,21-44,46-48,50-54H2,1-2H3,(H,64,67)/b20-18-,49-45+. The molecule has 1 heterocycles. The van der Waals surface area contributed by atoms with Crippen molar-refractivity contribution in [3.63, 3.8) is 0 Å². The van der Waals surface area contributed by atoms with E-state index in [4.69, 9.17) is 14.2 Å². The van der Waals surface area contributed by atoms with E-state index in [9.17, 15) is 35.1 Å². The first kappa shape index (κ1) is 70.2. The van der Waals surface area contributed by atoms with E-state index < -0.39 is 49.5 Å². The molecule has 0 radical (unpaired) electrons. The largest absolute Gasteiger partial charge is 0.466 e. The Balaban J connectivity index is 2.08. The van der Waals surface area contributed by atoms with Crippen LogP contribution in [0.15, 0.2) is 24.3 Å². The van der Waals surface area contributed by atoms with Crippen LogP contribution in [0, 0.1) is 0 Å². The van der Waals surface area contributed by atoms with E-state index in [1.54, 1.807) is 6.08 Å². The van der Waals surface area contributed by atoms with Crippen molar-refractivity contribution < 1.29 is 49.3 Å². The van der Waals surface area contributed by atoms with Gasteiger partial charge in [0.05, 0.1) is 32.0 Å². The Kier molecular flexibility index (Phi) is 50.4. The number of carbonyl (C=O) groups is 2. The van der Waals surface area contributed by atoms with E-state index in [1.165, 1.54) is 199 Å². The predicted octanol–water partition coefficient (Wildman–Crippen LogP) is 14.9. The normalized spacial score (nSPS) is 18.9. The summed E-state index contributed by atoms with van der Waals surface area (Å²) in [5.74, 6) is -0.193. The van der Waals surface area contributed by atoms with Crippen molar-refractivity contribution in [3.05, 3.63) is 24.3 Å². The van der Waals surface area contributed by atoms with Gasteiger partial charge in [0.2, 0.25) is 5.91 Å². The molecule has 0 spiro atoms. The summed E-state index contributed by atoms with van der Waals surface area (Å²) >= 11 is 0. The molecular formula is C63H119NO10. The number of unbranched alkanes of at least 4 members (excludes halogenated alkanes) is 39. The Morgan fingerprint density at radius 1 is 0.486 bits per heavy atom. The summed E-state index contributed by atoms with van der Waals surface area (Å²) in [7, 11) is 0. The van der Waals surface area contributed by atoms with Gasteiger partial charge in [-0.1, -0.05) is 256 Å². The molecule has 7 atom stereocenters. The van der Waals surface area contributed by atoms with Crippen molar-refractivity contribution in [1.29, 1.82) is 0 Å². The van der Waals surface area contributed by atoms with Gasteiger partial charge in [0.25, 0.3) is 0 Å². The van der Waals surface area contributed by atoms with Crippen LogP contribution < -0.4 is 5.32 Å². The van der Waals surface area contributed by atoms with Crippen molar-refractivity contribution in [3.8, 4) is 0 Å². The molecule has 0 saturated carbocycles. The monoisotopic (exact) mass is 1050 g/mol. The molecule has 1 rings (SSSR count). The first-order valence-electron chi connectivity index (χ1n) is 31.6. The lowest BCUT2D eigenvalue weighted by atomic mass is 9.99. The van der Waals surface area contributed by atoms with Gasteiger partial charge in [-0.25, -0.2) is 0 Å². The van der Waals surface area contributed by atoms with Gasteiger partial charge < -0.3 is 45.1 Å². The molecule has 1 fully saturated rings. The summed E-state index contributed by atoms with van der Waals surface area (Å²) < 4.78 is 16.7. The molecule has 0 aliphatic carbocycles. The highest BCUT2D eigenvalue weighted by molar-refractivity contribution is 5.76. The molecule has 11 heteroatoms. The minimum Gasteiger partial charge on any atom is -0.466 e. The zero-order valence-corrected chi connectivity index (χ0v) is 48.1. The maximum absolute atomic E-state index is 13.1. The minimum atomic E-state index is -1.57.